The van der Waals surface area contributed by atoms with Crippen LogP contribution < -0.4 is 10.1 Å². The quantitative estimate of drug-likeness (QED) is 0.815. The third kappa shape index (κ3) is 4.31. The fourth-order valence-electron chi connectivity index (χ4n) is 4.31. The molecule has 2 fully saturated rings. The zero-order valence-electron chi connectivity index (χ0n) is 17.1. The number of rotatable bonds is 5. The molecule has 1 unspecified atom stereocenters. The number of para-hydroxylation sites is 1. The standard InChI is InChI=1S/C22H26FN5O2/c1-30-20-4-2-3-15-9-18(12-25-22(15)20)26-17-5-7-27(8-6-17)14-21(29)28-13-16(23)10-19(28)11-24/h2-4,9,12,16-17,19,26H,5-8,10,13-14H2,1H3/t16-,19?/m0/s1. The van der Waals surface area contributed by atoms with E-state index in [0.29, 0.717) is 6.04 Å². The van der Waals surface area contributed by atoms with Crippen molar-refractivity contribution in [1.29, 1.82) is 5.26 Å². The van der Waals surface area contributed by atoms with E-state index < -0.39 is 12.2 Å². The van der Waals surface area contributed by atoms with Gasteiger partial charge < -0.3 is 15.0 Å². The molecule has 1 amide bonds. The van der Waals surface area contributed by atoms with Crippen LogP contribution in [0.4, 0.5) is 10.1 Å². The van der Waals surface area contributed by atoms with E-state index in [9.17, 15) is 9.18 Å². The normalized spacial score (nSPS) is 22.8. The minimum absolute atomic E-state index is 0.0365. The summed E-state index contributed by atoms with van der Waals surface area (Å²) in [6.07, 6.45) is 2.65. The molecule has 3 heterocycles. The SMILES string of the molecule is COc1cccc2cc(NC3CCN(CC(=O)N4C[C@@H](F)CC4C#N)CC3)cnc12. The van der Waals surface area contributed by atoms with Gasteiger partial charge in [0.1, 0.15) is 23.5 Å². The maximum absolute atomic E-state index is 13.6. The highest BCUT2D eigenvalue weighted by atomic mass is 19.1. The van der Waals surface area contributed by atoms with Crippen LogP contribution in [0, 0.1) is 11.3 Å². The van der Waals surface area contributed by atoms with E-state index in [0.717, 1.165) is 48.3 Å². The summed E-state index contributed by atoms with van der Waals surface area (Å²) in [4.78, 5) is 20.5. The van der Waals surface area contributed by atoms with Gasteiger partial charge >= 0.3 is 0 Å². The molecule has 30 heavy (non-hydrogen) atoms. The first-order chi connectivity index (χ1) is 14.6. The smallest absolute Gasteiger partial charge is 0.237 e. The molecule has 0 saturated carbocycles. The van der Waals surface area contributed by atoms with Crippen molar-refractivity contribution in [1.82, 2.24) is 14.8 Å². The summed E-state index contributed by atoms with van der Waals surface area (Å²) >= 11 is 0. The number of anilines is 1. The van der Waals surface area contributed by atoms with E-state index in [4.69, 9.17) is 10.00 Å². The molecule has 0 bridgehead atoms. The highest BCUT2D eigenvalue weighted by Gasteiger charge is 2.36. The van der Waals surface area contributed by atoms with Crippen LogP contribution >= 0.6 is 0 Å². The van der Waals surface area contributed by atoms with Crippen LogP contribution in [-0.2, 0) is 4.79 Å². The Kier molecular flexibility index (Phi) is 6.00. The number of hydrogen-bond donors (Lipinski definition) is 1. The van der Waals surface area contributed by atoms with Crippen LogP contribution in [0.1, 0.15) is 19.3 Å². The number of halogens is 1. The average Bonchev–Trinajstić information content (AvgIpc) is 3.15. The molecule has 7 nitrogen and oxygen atoms in total. The highest BCUT2D eigenvalue weighted by Crippen LogP contribution is 2.26. The molecule has 2 aliphatic rings. The van der Waals surface area contributed by atoms with Gasteiger partial charge in [0.2, 0.25) is 5.91 Å². The van der Waals surface area contributed by atoms with Gasteiger partial charge in [-0.25, -0.2) is 4.39 Å². The Balaban J connectivity index is 1.30. The van der Waals surface area contributed by atoms with Crippen molar-refractivity contribution in [3.05, 3.63) is 30.5 Å². The molecule has 1 aromatic carbocycles. The monoisotopic (exact) mass is 411 g/mol. The van der Waals surface area contributed by atoms with Gasteiger partial charge in [-0.1, -0.05) is 12.1 Å². The van der Waals surface area contributed by atoms with Gasteiger partial charge in [0.25, 0.3) is 0 Å². The Bertz CT molecular complexity index is 954. The van der Waals surface area contributed by atoms with E-state index in [1.165, 1.54) is 4.90 Å². The number of amides is 1. The van der Waals surface area contributed by atoms with Crippen LogP contribution in [0.25, 0.3) is 10.9 Å². The molecule has 158 valence electrons. The Morgan fingerprint density at radius 1 is 1.40 bits per heavy atom. The molecule has 0 radical (unpaired) electrons. The molecule has 1 aromatic heterocycles. The molecule has 2 saturated heterocycles. The summed E-state index contributed by atoms with van der Waals surface area (Å²) in [5, 5.41) is 13.7. The zero-order valence-corrected chi connectivity index (χ0v) is 17.1. The van der Waals surface area contributed by atoms with E-state index >= 15 is 0 Å². The Morgan fingerprint density at radius 2 is 2.20 bits per heavy atom. The van der Waals surface area contributed by atoms with Crippen molar-refractivity contribution in [2.75, 3.05) is 38.6 Å². The summed E-state index contributed by atoms with van der Waals surface area (Å²) in [7, 11) is 1.64. The number of ether oxygens (including phenoxy) is 1. The van der Waals surface area contributed by atoms with Gasteiger partial charge in [0.05, 0.1) is 38.2 Å². The van der Waals surface area contributed by atoms with Crippen LogP contribution in [0.2, 0.25) is 0 Å². The molecule has 2 aromatic rings. The number of benzene rings is 1. The molecular formula is C22H26FN5O2. The molecule has 8 heteroatoms. The maximum Gasteiger partial charge on any atom is 0.237 e. The number of nitriles is 1. The number of carbonyl (C=O) groups excluding carboxylic acids is 1. The number of methoxy groups -OCH3 is 1. The lowest BCUT2D eigenvalue weighted by molar-refractivity contribution is -0.132. The molecule has 2 atom stereocenters. The van der Waals surface area contributed by atoms with E-state index in [-0.39, 0.29) is 25.4 Å². The Labute approximate surface area is 175 Å². The lowest BCUT2D eigenvalue weighted by Crippen LogP contribution is -2.46. The summed E-state index contributed by atoms with van der Waals surface area (Å²) in [5.74, 6) is 0.605. The first-order valence-corrected chi connectivity index (χ1v) is 10.3. The third-order valence-electron chi connectivity index (χ3n) is 5.93. The number of hydrogen-bond acceptors (Lipinski definition) is 6. The minimum atomic E-state index is -1.09. The number of carbonyl (C=O) groups is 1. The van der Waals surface area contributed by atoms with Crippen molar-refractivity contribution in [3.63, 3.8) is 0 Å². The van der Waals surface area contributed by atoms with Crippen molar-refractivity contribution in [2.24, 2.45) is 0 Å². The number of fused-ring (bicyclic) bond motifs is 1. The second-order valence-corrected chi connectivity index (χ2v) is 7.97. The predicted molar refractivity (Wildman–Crippen MR) is 112 cm³/mol. The second kappa shape index (κ2) is 8.84. The third-order valence-corrected chi connectivity index (χ3v) is 5.93. The van der Waals surface area contributed by atoms with Crippen molar-refractivity contribution in [2.45, 2.75) is 37.5 Å². The fraction of sp³-hybridized carbons (Fsp3) is 0.500. The van der Waals surface area contributed by atoms with Crippen molar-refractivity contribution in [3.8, 4) is 11.8 Å². The average molecular weight is 411 g/mol. The Morgan fingerprint density at radius 3 is 2.93 bits per heavy atom. The van der Waals surface area contributed by atoms with Crippen molar-refractivity contribution >= 4 is 22.5 Å². The first-order valence-electron chi connectivity index (χ1n) is 10.3. The van der Waals surface area contributed by atoms with Gasteiger partial charge in [-0.05, 0) is 25.0 Å². The number of nitrogens with zero attached hydrogens (tertiary/aromatic N) is 4. The summed E-state index contributed by atoms with van der Waals surface area (Å²) in [6, 6.07) is 9.64. The van der Waals surface area contributed by atoms with E-state index in [2.05, 4.69) is 21.3 Å². The minimum Gasteiger partial charge on any atom is -0.494 e. The highest BCUT2D eigenvalue weighted by molar-refractivity contribution is 5.86. The summed E-state index contributed by atoms with van der Waals surface area (Å²) < 4.78 is 18.9. The number of pyridine rings is 1. The molecule has 1 N–H and O–H groups in total. The molecule has 0 aliphatic carbocycles. The van der Waals surface area contributed by atoms with Crippen LogP contribution in [0.15, 0.2) is 30.5 Å². The van der Waals surface area contributed by atoms with E-state index in [1.807, 2.05) is 30.5 Å². The molecule has 4 rings (SSSR count). The fourth-order valence-corrected chi connectivity index (χ4v) is 4.31. The number of likely N-dealkylation sites (tertiary alicyclic amines) is 2. The maximum atomic E-state index is 13.6. The second-order valence-electron chi connectivity index (χ2n) is 7.97. The van der Waals surface area contributed by atoms with Gasteiger partial charge in [0, 0.05) is 30.9 Å². The first kappa shape index (κ1) is 20.4. The van der Waals surface area contributed by atoms with Crippen LogP contribution in [-0.4, -0.2) is 72.2 Å². The predicted octanol–water partition coefficient (Wildman–Crippen LogP) is 2.58. The zero-order chi connectivity index (χ0) is 21.1. The number of piperidine rings is 1. The number of alkyl halides is 1. The number of nitrogens with one attached hydrogen (secondary N) is 1. The van der Waals surface area contributed by atoms with E-state index in [1.54, 1.807) is 7.11 Å². The number of aromatic nitrogens is 1. The van der Waals surface area contributed by atoms with Crippen LogP contribution in [0.5, 0.6) is 5.75 Å². The molecule has 2 aliphatic heterocycles. The van der Waals surface area contributed by atoms with Gasteiger partial charge in [-0.15, -0.1) is 0 Å². The summed E-state index contributed by atoms with van der Waals surface area (Å²) in [6.45, 7) is 1.84. The summed E-state index contributed by atoms with van der Waals surface area (Å²) in [5.41, 5.74) is 1.81. The lowest BCUT2D eigenvalue weighted by atomic mass is 10.0. The topological polar surface area (TPSA) is 81.5 Å². The largest absolute Gasteiger partial charge is 0.494 e. The lowest BCUT2D eigenvalue weighted by Gasteiger charge is -2.33. The van der Waals surface area contributed by atoms with Gasteiger partial charge in [0.15, 0.2) is 0 Å². The van der Waals surface area contributed by atoms with Gasteiger partial charge in [-0.2, -0.15) is 5.26 Å². The van der Waals surface area contributed by atoms with Crippen LogP contribution in [0.3, 0.4) is 0 Å². The molecule has 0 spiro atoms. The van der Waals surface area contributed by atoms with Crippen molar-refractivity contribution < 1.29 is 13.9 Å². The van der Waals surface area contributed by atoms with Gasteiger partial charge in [-0.3, -0.25) is 14.7 Å². The molecular weight excluding hydrogens is 385 g/mol. The Hall–Kier alpha value is -2.92.